The van der Waals surface area contributed by atoms with Crippen LogP contribution in [0.2, 0.25) is 0 Å². The van der Waals surface area contributed by atoms with Gasteiger partial charge in [-0.05, 0) is 30.4 Å². The molecule has 0 radical (unpaired) electrons. The van der Waals surface area contributed by atoms with Crippen LogP contribution in [0.15, 0.2) is 53.4 Å². The Morgan fingerprint density at radius 1 is 1.14 bits per heavy atom. The molecule has 0 aliphatic carbocycles. The number of benzene rings is 2. The van der Waals surface area contributed by atoms with Crippen molar-refractivity contribution < 1.29 is 4.79 Å². The highest BCUT2D eigenvalue weighted by Crippen LogP contribution is 2.26. The maximum atomic E-state index is 12.1. The molecule has 0 atom stereocenters. The van der Waals surface area contributed by atoms with Crippen LogP contribution < -0.4 is 5.32 Å². The van der Waals surface area contributed by atoms with Gasteiger partial charge in [-0.1, -0.05) is 48.9 Å². The average molecular weight is 332 g/mol. The second-order valence-electron chi connectivity index (χ2n) is 4.96. The van der Waals surface area contributed by atoms with Crippen molar-refractivity contribution in [3.8, 4) is 0 Å². The summed E-state index contributed by atoms with van der Waals surface area (Å²) in [6.45, 7) is 4.20. The van der Waals surface area contributed by atoms with Crippen LogP contribution in [-0.4, -0.2) is 17.4 Å². The van der Waals surface area contributed by atoms with Crippen molar-refractivity contribution in [1.29, 1.82) is 0 Å². The van der Waals surface area contributed by atoms with E-state index in [9.17, 15) is 4.79 Å². The van der Waals surface area contributed by atoms with E-state index < -0.39 is 0 Å². The van der Waals surface area contributed by atoms with Crippen LogP contribution in [0.1, 0.15) is 18.1 Å². The summed E-state index contributed by atoms with van der Waals surface area (Å²) in [5, 5.41) is 3.01. The second-order valence-corrected chi connectivity index (χ2v) is 7.25. The number of aryl methyl sites for hydroxylation is 1. The Bertz CT molecular complexity index is 628. The zero-order chi connectivity index (χ0) is 15.8. The van der Waals surface area contributed by atoms with E-state index >= 15 is 0 Å². The van der Waals surface area contributed by atoms with E-state index in [1.165, 1.54) is 11.1 Å². The van der Waals surface area contributed by atoms with Gasteiger partial charge in [0.05, 0.1) is 11.4 Å². The predicted octanol–water partition coefficient (Wildman–Crippen LogP) is 4.98. The second kappa shape index (κ2) is 8.91. The van der Waals surface area contributed by atoms with E-state index in [1.807, 2.05) is 24.3 Å². The van der Waals surface area contributed by atoms with Crippen LogP contribution in [0.25, 0.3) is 0 Å². The van der Waals surface area contributed by atoms with Gasteiger partial charge in [-0.15, -0.1) is 23.5 Å². The van der Waals surface area contributed by atoms with Crippen molar-refractivity contribution in [2.45, 2.75) is 24.5 Å². The van der Waals surface area contributed by atoms with E-state index in [0.29, 0.717) is 5.75 Å². The molecule has 2 aromatic rings. The third kappa shape index (κ3) is 5.43. The van der Waals surface area contributed by atoms with Crippen LogP contribution >= 0.6 is 23.5 Å². The minimum absolute atomic E-state index is 0.0572. The molecule has 116 valence electrons. The summed E-state index contributed by atoms with van der Waals surface area (Å²) in [6, 6.07) is 16.4. The minimum Gasteiger partial charge on any atom is -0.324 e. The number of hydrogen-bond donors (Lipinski definition) is 1. The predicted molar refractivity (Wildman–Crippen MR) is 98.8 cm³/mol. The summed E-state index contributed by atoms with van der Waals surface area (Å²) in [5.41, 5.74) is 3.43. The Hall–Kier alpha value is -1.39. The van der Waals surface area contributed by atoms with Gasteiger partial charge in [-0.2, -0.15) is 0 Å². The molecule has 0 aliphatic heterocycles. The molecular weight excluding hydrogens is 310 g/mol. The standard InChI is InChI=1S/C18H21NOS2/c1-3-22-17-10-5-4-9-16(17)19-18(20)13-21-12-15-8-6-7-14(2)11-15/h4-11H,3,12-13H2,1-2H3,(H,19,20). The lowest BCUT2D eigenvalue weighted by Gasteiger charge is -2.10. The number of carbonyl (C=O) groups is 1. The zero-order valence-corrected chi connectivity index (χ0v) is 14.6. The molecule has 2 nitrogen and oxygen atoms in total. The van der Waals surface area contributed by atoms with Gasteiger partial charge in [0.25, 0.3) is 0 Å². The van der Waals surface area contributed by atoms with E-state index in [-0.39, 0.29) is 5.91 Å². The summed E-state index contributed by atoms with van der Waals surface area (Å²) < 4.78 is 0. The van der Waals surface area contributed by atoms with Gasteiger partial charge in [0.15, 0.2) is 0 Å². The molecule has 0 fully saturated rings. The Morgan fingerprint density at radius 2 is 1.95 bits per heavy atom. The molecule has 22 heavy (non-hydrogen) atoms. The molecule has 0 aromatic heterocycles. The molecule has 2 aromatic carbocycles. The summed E-state index contributed by atoms with van der Waals surface area (Å²) in [4.78, 5) is 13.2. The summed E-state index contributed by atoms with van der Waals surface area (Å²) in [5.74, 6) is 2.39. The number of amides is 1. The lowest BCUT2D eigenvalue weighted by atomic mass is 10.2. The van der Waals surface area contributed by atoms with Gasteiger partial charge in [-0.3, -0.25) is 4.79 Å². The summed E-state index contributed by atoms with van der Waals surface area (Å²) in [7, 11) is 0. The largest absolute Gasteiger partial charge is 0.324 e. The molecular formula is C18H21NOS2. The quantitative estimate of drug-likeness (QED) is 0.726. The number of anilines is 1. The fourth-order valence-electron chi connectivity index (χ4n) is 2.10. The zero-order valence-electron chi connectivity index (χ0n) is 13.0. The summed E-state index contributed by atoms with van der Waals surface area (Å²) in [6.07, 6.45) is 0. The Labute approximate surface area is 141 Å². The van der Waals surface area contributed by atoms with Crippen LogP contribution in [-0.2, 0) is 10.5 Å². The monoisotopic (exact) mass is 331 g/mol. The molecule has 0 saturated heterocycles. The number of rotatable bonds is 7. The molecule has 1 N–H and O–H groups in total. The van der Waals surface area contributed by atoms with Crippen LogP contribution in [0.4, 0.5) is 5.69 Å². The van der Waals surface area contributed by atoms with Gasteiger partial charge < -0.3 is 5.32 Å². The molecule has 0 aliphatic rings. The van der Waals surface area contributed by atoms with Crippen molar-refractivity contribution in [3.63, 3.8) is 0 Å². The smallest absolute Gasteiger partial charge is 0.234 e. The molecule has 0 spiro atoms. The van der Waals surface area contributed by atoms with Gasteiger partial charge in [0, 0.05) is 10.6 Å². The third-order valence-corrected chi connectivity index (χ3v) is 5.00. The fourth-order valence-corrected chi connectivity index (χ4v) is 3.64. The molecule has 1 amide bonds. The SMILES string of the molecule is CCSc1ccccc1NC(=O)CSCc1cccc(C)c1. The van der Waals surface area contributed by atoms with Gasteiger partial charge in [0.1, 0.15) is 0 Å². The molecule has 4 heteroatoms. The molecule has 0 unspecified atom stereocenters. The Morgan fingerprint density at radius 3 is 2.73 bits per heavy atom. The molecule has 0 saturated carbocycles. The maximum Gasteiger partial charge on any atom is 0.234 e. The van der Waals surface area contributed by atoms with Crippen LogP contribution in [0.5, 0.6) is 0 Å². The highest BCUT2D eigenvalue weighted by atomic mass is 32.2. The van der Waals surface area contributed by atoms with Crippen molar-refractivity contribution in [3.05, 3.63) is 59.7 Å². The highest BCUT2D eigenvalue weighted by Gasteiger charge is 2.07. The lowest BCUT2D eigenvalue weighted by Crippen LogP contribution is -2.14. The van der Waals surface area contributed by atoms with Gasteiger partial charge in [-0.25, -0.2) is 0 Å². The molecule has 0 heterocycles. The maximum absolute atomic E-state index is 12.1. The first kappa shape index (κ1) is 17.0. The Balaban J connectivity index is 1.83. The Kier molecular flexibility index (Phi) is 6.87. The first-order valence-corrected chi connectivity index (χ1v) is 9.48. The molecule has 0 bridgehead atoms. The van der Waals surface area contributed by atoms with Crippen LogP contribution in [0.3, 0.4) is 0 Å². The first-order valence-electron chi connectivity index (χ1n) is 7.34. The van der Waals surface area contributed by atoms with Crippen molar-refractivity contribution in [2.75, 3.05) is 16.8 Å². The van der Waals surface area contributed by atoms with Crippen molar-refractivity contribution in [1.82, 2.24) is 0 Å². The van der Waals surface area contributed by atoms with E-state index in [0.717, 1.165) is 22.1 Å². The summed E-state index contributed by atoms with van der Waals surface area (Å²) >= 11 is 3.39. The number of hydrogen-bond acceptors (Lipinski definition) is 3. The van der Waals surface area contributed by atoms with Crippen LogP contribution in [0, 0.1) is 6.92 Å². The number of thioether (sulfide) groups is 2. The molecule has 2 rings (SSSR count). The minimum atomic E-state index is 0.0572. The third-order valence-electron chi connectivity index (χ3n) is 3.05. The normalized spacial score (nSPS) is 10.5. The van der Waals surface area contributed by atoms with Gasteiger partial charge in [0.2, 0.25) is 5.91 Å². The van der Waals surface area contributed by atoms with E-state index in [1.54, 1.807) is 23.5 Å². The number of carbonyl (C=O) groups excluding carboxylic acids is 1. The van der Waals surface area contributed by atoms with Crippen molar-refractivity contribution >= 4 is 35.1 Å². The van der Waals surface area contributed by atoms with E-state index in [2.05, 4.69) is 43.4 Å². The van der Waals surface area contributed by atoms with Crippen molar-refractivity contribution in [2.24, 2.45) is 0 Å². The fraction of sp³-hybridized carbons (Fsp3) is 0.278. The van der Waals surface area contributed by atoms with Gasteiger partial charge >= 0.3 is 0 Å². The number of para-hydroxylation sites is 1. The average Bonchev–Trinajstić information content (AvgIpc) is 2.49. The topological polar surface area (TPSA) is 29.1 Å². The first-order chi connectivity index (χ1) is 10.7. The van der Waals surface area contributed by atoms with E-state index in [4.69, 9.17) is 0 Å². The highest BCUT2D eigenvalue weighted by molar-refractivity contribution is 7.99. The number of nitrogens with one attached hydrogen (secondary N) is 1. The lowest BCUT2D eigenvalue weighted by molar-refractivity contribution is -0.113.